The first-order chi connectivity index (χ1) is 12.8. The van der Waals surface area contributed by atoms with Crippen LogP contribution in [0.4, 0.5) is 23.7 Å². The van der Waals surface area contributed by atoms with Crippen molar-refractivity contribution in [3.63, 3.8) is 0 Å². The Balaban J connectivity index is 2.19. The Morgan fingerprint density at radius 1 is 1.25 bits per heavy atom. The molecule has 0 aliphatic rings. The van der Waals surface area contributed by atoms with Gasteiger partial charge in [-0.2, -0.15) is 18.2 Å². The minimum absolute atomic E-state index is 0.365. The van der Waals surface area contributed by atoms with Crippen LogP contribution in [0, 0.1) is 0 Å². The van der Waals surface area contributed by atoms with Crippen molar-refractivity contribution in [2.45, 2.75) is 45.6 Å². The third-order valence-corrected chi connectivity index (χ3v) is 3.50. The first kappa shape index (κ1) is 21.7. The van der Waals surface area contributed by atoms with Gasteiger partial charge < -0.3 is 9.47 Å². The summed E-state index contributed by atoms with van der Waals surface area (Å²) in [5.41, 5.74) is -0.888. The molecule has 152 valence electrons. The molecule has 0 unspecified atom stereocenters. The minimum Gasteiger partial charge on any atom is -0.469 e. The van der Waals surface area contributed by atoms with Crippen LogP contribution in [0.25, 0.3) is 0 Å². The van der Waals surface area contributed by atoms with Crippen molar-refractivity contribution >= 4 is 23.4 Å². The normalized spacial score (nSPS) is 13.0. The molecular formula is C18H19ClF3N3O3. The number of nitrogens with one attached hydrogen (secondary N) is 1. The molecule has 1 amide bonds. The van der Waals surface area contributed by atoms with E-state index in [4.69, 9.17) is 21.1 Å². The Labute approximate surface area is 165 Å². The lowest BCUT2D eigenvalue weighted by atomic mass is 10.1. The fraction of sp³-hybridized carbons (Fsp3) is 0.389. The lowest BCUT2D eigenvalue weighted by Gasteiger charge is -2.20. The first-order valence-electron chi connectivity index (χ1n) is 8.21. The summed E-state index contributed by atoms with van der Waals surface area (Å²) in [7, 11) is 0. The number of hydrogen-bond donors (Lipinski definition) is 1. The van der Waals surface area contributed by atoms with Crippen LogP contribution in [-0.4, -0.2) is 21.7 Å². The van der Waals surface area contributed by atoms with Gasteiger partial charge in [-0.25, -0.2) is 9.78 Å². The second kappa shape index (κ2) is 8.22. The first-order valence-corrected chi connectivity index (χ1v) is 8.59. The van der Waals surface area contributed by atoms with Crippen molar-refractivity contribution in [1.82, 2.24) is 9.97 Å². The molecule has 0 bridgehead atoms. The number of anilines is 1. The summed E-state index contributed by atoms with van der Waals surface area (Å²) in [5.74, 6) is -0.675. The third-order valence-electron chi connectivity index (χ3n) is 3.32. The molecule has 2 aromatic rings. The SMILES string of the molecule is C[C@@H](Oc1nc(Cl)ncc1C(F)(F)F)c1cccc(NC(=O)OC(C)(C)C)c1. The average molecular weight is 418 g/mol. The second-order valence-electron chi connectivity index (χ2n) is 6.87. The van der Waals surface area contributed by atoms with E-state index in [2.05, 4.69) is 15.3 Å². The molecule has 1 aromatic heterocycles. The van der Waals surface area contributed by atoms with E-state index in [9.17, 15) is 18.0 Å². The number of carbonyl (C=O) groups is 1. The topological polar surface area (TPSA) is 73.3 Å². The largest absolute Gasteiger partial charge is 0.469 e. The van der Waals surface area contributed by atoms with E-state index < -0.39 is 35.4 Å². The van der Waals surface area contributed by atoms with Crippen molar-refractivity contribution in [2.24, 2.45) is 0 Å². The molecule has 0 saturated heterocycles. The fourth-order valence-corrected chi connectivity index (χ4v) is 2.28. The molecular weight excluding hydrogens is 399 g/mol. The standard InChI is InChI=1S/C18H19ClF3N3O3/c1-10(27-14-13(18(20,21)22)9-23-15(19)25-14)11-6-5-7-12(8-11)24-16(26)28-17(2,3)4/h5-10H,1-4H3,(H,24,26)/t10-/m1/s1. The number of halogens is 4. The number of aromatic nitrogens is 2. The van der Waals surface area contributed by atoms with E-state index in [1.807, 2.05) is 0 Å². The number of amides is 1. The van der Waals surface area contributed by atoms with E-state index in [1.165, 1.54) is 0 Å². The molecule has 0 fully saturated rings. The molecule has 6 nitrogen and oxygen atoms in total. The smallest absolute Gasteiger partial charge is 0.423 e. The summed E-state index contributed by atoms with van der Waals surface area (Å²) in [6.45, 7) is 6.72. The summed E-state index contributed by atoms with van der Waals surface area (Å²) < 4.78 is 49.9. The monoisotopic (exact) mass is 417 g/mol. The molecule has 1 heterocycles. The third kappa shape index (κ3) is 6.26. The lowest BCUT2D eigenvalue weighted by molar-refractivity contribution is -0.139. The predicted molar refractivity (Wildman–Crippen MR) is 97.4 cm³/mol. The van der Waals surface area contributed by atoms with E-state index in [1.54, 1.807) is 52.0 Å². The molecule has 1 aromatic carbocycles. The summed E-state index contributed by atoms with van der Waals surface area (Å²) in [5, 5.41) is 2.19. The van der Waals surface area contributed by atoms with Crippen molar-refractivity contribution in [2.75, 3.05) is 5.32 Å². The van der Waals surface area contributed by atoms with Crippen LogP contribution in [0.3, 0.4) is 0 Å². The van der Waals surface area contributed by atoms with Crippen molar-refractivity contribution in [3.05, 3.63) is 46.9 Å². The number of rotatable bonds is 4. The van der Waals surface area contributed by atoms with E-state index in [-0.39, 0.29) is 5.28 Å². The Morgan fingerprint density at radius 3 is 2.54 bits per heavy atom. The number of carbonyl (C=O) groups excluding carboxylic acids is 1. The van der Waals surface area contributed by atoms with E-state index in [0.717, 1.165) is 0 Å². The van der Waals surface area contributed by atoms with Gasteiger partial charge in [0.25, 0.3) is 0 Å². The van der Waals surface area contributed by atoms with Gasteiger partial charge in [-0.1, -0.05) is 12.1 Å². The van der Waals surface area contributed by atoms with E-state index in [0.29, 0.717) is 17.4 Å². The lowest BCUT2D eigenvalue weighted by Crippen LogP contribution is -2.27. The van der Waals surface area contributed by atoms with Gasteiger partial charge in [0.2, 0.25) is 11.2 Å². The Bertz CT molecular complexity index is 854. The van der Waals surface area contributed by atoms with Gasteiger partial charge >= 0.3 is 12.3 Å². The highest BCUT2D eigenvalue weighted by molar-refractivity contribution is 6.28. The van der Waals surface area contributed by atoms with Crippen molar-refractivity contribution < 1.29 is 27.4 Å². The van der Waals surface area contributed by atoms with Crippen LogP contribution in [0.2, 0.25) is 5.28 Å². The van der Waals surface area contributed by atoms with Gasteiger partial charge in [0, 0.05) is 11.9 Å². The minimum atomic E-state index is -4.69. The molecule has 0 aliphatic heterocycles. The highest BCUT2D eigenvalue weighted by Gasteiger charge is 2.36. The number of hydrogen-bond acceptors (Lipinski definition) is 5. The van der Waals surface area contributed by atoms with Crippen molar-refractivity contribution in [1.29, 1.82) is 0 Å². The molecule has 1 N–H and O–H groups in total. The van der Waals surface area contributed by atoms with Gasteiger partial charge in [0.05, 0.1) is 0 Å². The summed E-state index contributed by atoms with van der Waals surface area (Å²) in [4.78, 5) is 18.8. The highest BCUT2D eigenvalue weighted by atomic mass is 35.5. The highest BCUT2D eigenvalue weighted by Crippen LogP contribution is 2.36. The second-order valence-corrected chi connectivity index (χ2v) is 7.21. The predicted octanol–water partition coefficient (Wildman–Crippen LogP) is 5.64. The summed E-state index contributed by atoms with van der Waals surface area (Å²) in [6.07, 6.45) is -5.59. The van der Waals surface area contributed by atoms with Crippen LogP contribution in [-0.2, 0) is 10.9 Å². The maximum absolute atomic E-state index is 13.1. The van der Waals surface area contributed by atoms with Crippen molar-refractivity contribution in [3.8, 4) is 5.88 Å². The van der Waals surface area contributed by atoms with Gasteiger partial charge in [-0.3, -0.25) is 5.32 Å². The fourth-order valence-electron chi connectivity index (χ4n) is 2.16. The average Bonchev–Trinajstić information content (AvgIpc) is 2.52. The zero-order valence-electron chi connectivity index (χ0n) is 15.6. The van der Waals surface area contributed by atoms with E-state index >= 15 is 0 Å². The Kier molecular flexibility index (Phi) is 6.38. The van der Waals surface area contributed by atoms with Gasteiger partial charge in [-0.05, 0) is 57.0 Å². The van der Waals surface area contributed by atoms with Crippen LogP contribution in [0.15, 0.2) is 30.5 Å². The molecule has 0 saturated carbocycles. The quantitative estimate of drug-likeness (QED) is 0.652. The molecule has 28 heavy (non-hydrogen) atoms. The van der Waals surface area contributed by atoms with Gasteiger partial charge in [0.15, 0.2) is 0 Å². The Hall–Kier alpha value is -2.55. The molecule has 0 spiro atoms. The summed E-state index contributed by atoms with van der Waals surface area (Å²) in [6, 6.07) is 6.44. The maximum Gasteiger partial charge on any atom is 0.423 e. The molecule has 0 radical (unpaired) electrons. The molecule has 10 heteroatoms. The zero-order chi connectivity index (χ0) is 21.1. The van der Waals surface area contributed by atoms with Crippen LogP contribution >= 0.6 is 11.6 Å². The van der Waals surface area contributed by atoms with Crippen LogP contribution in [0.5, 0.6) is 5.88 Å². The maximum atomic E-state index is 13.1. The molecule has 1 atom stereocenters. The number of ether oxygens (including phenoxy) is 2. The molecule has 0 aliphatic carbocycles. The Morgan fingerprint density at radius 2 is 1.93 bits per heavy atom. The zero-order valence-corrected chi connectivity index (χ0v) is 16.4. The number of nitrogens with zero attached hydrogens (tertiary/aromatic N) is 2. The van der Waals surface area contributed by atoms with Crippen LogP contribution in [0.1, 0.15) is 44.9 Å². The summed E-state index contributed by atoms with van der Waals surface area (Å²) >= 11 is 5.60. The number of benzene rings is 1. The molecule has 2 rings (SSSR count). The van der Waals surface area contributed by atoms with Gasteiger partial charge in [0.1, 0.15) is 17.3 Å². The van der Waals surface area contributed by atoms with Gasteiger partial charge in [-0.15, -0.1) is 0 Å². The number of alkyl halides is 3. The van der Waals surface area contributed by atoms with Crippen LogP contribution < -0.4 is 10.1 Å².